The molecule has 2 rings (SSSR count). The molecule has 1 fully saturated rings. The fourth-order valence-electron chi connectivity index (χ4n) is 2.31. The summed E-state index contributed by atoms with van der Waals surface area (Å²) < 4.78 is 36.4. The van der Waals surface area contributed by atoms with E-state index in [9.17, 15) is 13.2 Å². The standard InChI is InChI=1S/C15H23N3O5S/c1-22-11-12-23-13-16-15(19)17-7-9-18(10-8-17)24(20,21)14-5-3-2-4-6-14/h2-6H,7-13H2,1H3,(H,16,19). The third kappa shape index (κ3) is 4.91. The molecule has 0 radical (unpaired) electrons. The van der Waals surface area contributed by atoms with Gasteiger partial charge < -0.3 is 19.7 Å². The predicted octanol–water partition coefficient (Wildman–Crippen LogP) is 0.323. The molecule has 0 aliphatic carbocycles. The highest BCUT2D eigenvalue weighted by Gasteiger charge is 2.29. The van der Waals surface area contributed by atoms with Crippen LogP contribution in [0.15, 0.2) is 35.2 Å². The van der Waals surface area contributed by atoms with Crippen molar-refractivity contribution >= 4 is 16.1 Å². The van der Waals surface area contributed by atoms with E-state index in [-0.39, 0.29) is 30.7 Å². The van der Waals surface area contributed by atoms with Crippen LogP contribution in [0.3, 0.4) is 0 Å². The van der Waals surface area contributed by atoms with E-state index in [1.807, 2.05) is 0 Å². The maximum Gasteiger partial charge on any atom is 0.319 e. The van der Waals surface area contributed by atoms with Crippen molar-refractivity contribution in [3.05, 3.63) is 30.3 Å². The minimum Gasteiger partial charge on any atom is -0.382 e. The Hall–Kier alpha value is -1.68. The number of nitrogens with one attached hydrogen (secondary N) is 1. The van der Waals surface area contributed by atoms with Crippen LogP contribution in [0.5, 0.6) is 0 Å². The Morgan fingerprint density at radius 3 is 2.42 bits per heavy atom. The first-order chi connectivity index (χ1) is 11.6. The lowest BCUT2D eigenvalue weighted by Crippen LogP contribution is -2.53. The van der Waals surface area contributed by atoms with Crippen molar-refractivity contribution < 1.29 is 22.7 Å². The van der Waals surface area contributed by atoms with E-state index in [0.717, 1.165) is 0 Å². The Kier molecular flexibility index (Phi) is 6.98. The first-order valence-electron chi connectivity index (χ1n) is 7.70. The fourth-order valence-corrected chi connectivity index (χ4v) is 3.76. The highest BCUT2D eigenvalue weighted by atomic mass is 32.2. The Labute approximate surface area is 142 Å². The molecule has 1 aromatic rings. The van der Waals surface area contributed by atoms with Gasteiger partial charge in [0.1, 0.15) is 6.73 Å². The summed E-state index contributed by atoms with van der Waals surface area (Å²) in [6.07, 6.45) is 0. The fraction of sp³-hybridized carbons (Fsp3) is 0.533. The van der Waals surface area contributed by atoms with Crippen LogP contribution in [-0.4, -0.2) is 76.9 Å². The maximum absolute atomic E-state index is 12.5. The number of hydrogen-bond donors (Lipinski definition) is 1. The molecule has 1 aromatic carbocycles. The third-order valence-corrected chi connectivity index (χ3v) is 5.58. The normalized spacial score (nSPS) is 16.1. The average Bonchev–Trinajstić information content (AvgIpc) is 2.62. The summed E-state index contributed by atoms with van der Waals surface area (Å²) in [5, 5.41) is 2.64. The van der Waals surface area contributed by atoms with Gasteiger partial charge in [-0.1, -0.05) is 18.2 Å². The van der Waals surface area contributed by atoms with Crippen molar-refractivity contribution in [3.8, 4) is 0 Å². The summed E-state index contributed by atoms with van der Waals surface area (Å²) in [5.74, 6) is 0. The van der Waals surface area contributed by atoms with Crippen LogP contribution >= 0.6 is 0 Å². The van der Waals surface area contributed by atoms with Crippen molar-refractivity contribution in [2.75, 3.05) is 53.2 Å². The maximum atomic E-state index is 12.5. The number of carbonyl (C=O) groups excluding carboxylic acids is 1. The van der Waals surface area contributed by atoms with Crippen LogP contribution in [0, 0.1) is 0 Å². The number of nitrogens with zero attached hydrogens (tertiary/aromatic N) is 2. The van der Waals surface area contributed by atoms with E-state index in [2.05, 4.69) is 5.32 Å². The lowest BCUT2D eigenvalue weighted by Gasteiger charge is -2.33. The molecule has 2 amide bonds. The molecule has 8 nitrogen and oxygen atoms in total. The molecule has 1 aliphatic rings. The Morgan fingerprint density at radius 2 is 1.79 bits per heavy atom. The molecule has 1 N–H and O–H groups in total. The predicted molar refractivity (Wildman–Crippen MR) is 88.0 cm³/mol. The number of methoxy groups -OCH3 is 1. The van der Waals surface area contributed by atoms with Crippen LogP contribution in [0.25, 0.3) is 0 Å². The van der Waals surface area contributed by atoms with Crippen LogP contribution < -0.4 is 5.32 Å². The van der Waals surface area contributed by atoms with E-state index in [0.29, 0.717) is 26.3 Å². The van der Waals surface area contributed by atoms with Gasteiger partial charge in [-0.05, 0) is 12.1 Å². The number of sulfonamides is 1. The van der Waals surface area contributed by atoms with Crippen LogP contribution in [-0.2, 0) is 19.5 Å². The molecule has 0 atom stereocenters. The first kappa shape index (κ1) is 18.7. The van der Waals surface area contributed by atoms with Gasteiger partial charge in [0.2, 0.25) is 10.0 Å². The SMILES string of the molecule is COCCOCNC(=O)N1CCN(S(=O)(=O)c2ccccc2)CC1. The number of amides is 2. The van der Waals surface area contributed by atoms with E-state index in [1.165, 1.54) is 4.31 Å². The summed E-state index contributed by atoms with van der Waals surface area (Å²) in [5.41, 5.74) is 0. The van der Waals surface area contributed by atoms with Gasteiger partial charge in [0.05, 0.1) is 18.1 Å². The molecular formula is C15H23N3O5S. The summed E-state index contributed by atoms with van der Waals surface area (Å²) in [6, 6.07) is 8.05. The zero-order valence-corrected chi connectivity index (χ0v) is 14.5. The minimum atomic E-state index is -3.50. The zero-order chi connectivity index (χ0) is 17.4. The zero-order valence-electron chi connectivity index (χ0n) is 13.7. The number of piperazine rings is 1. The first-order valence-corrected chi connectivity index (χ1v) is 9.14. The third-order valence-electron chi connectivity index (χ3n) is 3.66. The monoisotopic (exact) mass is 357 g/mol. The largest absolute Gasteiger partial charge is 0.382 e. The van der Waals surface area contributed by atoms with Gasteiger partial charge in [-0.15, -0.1) is 0 Å². The van der Waals surface area contributed by atoms with Gasteiger partial charge in [0.25, 0.3) is 0 Å². The number of ether oxygens (including phenoxy) is 2. The molecular weight excluding hydrogens is 334 g/mol. The van der Waals surface area contributed by atoms with E-state index >= 15 is 0 Å². The van der Waals surface area contributed by atoms with Gasteiger partial charge in [-0.3, -0.25) is 0 Å². The summed E-state index contributed by atoms with van der Waals surface area (Å²) in [7, 11) is -1.93. The van der Waals surface area contributed by atoms with Gasteiger partial charge in [0.15, 0.2) is 0 Å². The van der Waals surface area contributed by atoms with Gasteiger partial charge in [-0.25, -0.2) is 13.2 Å². The van der Waals surface area contributed by atoms with Crippen LogP contribution in [0.1, 0.15) is 0 Å². The van der Waals surface area contributed by atoms with Crippen LogP contribution in [0.2, 0.25) is 0 Å². The minimum absolute atomic E-state index is 0.102. The summed E-state index contributed by atoms with van der Waals surface area (Å²) in [4.78, 5) is 13.8. The highest BCUT2D eigenvalue weighted by molar-refractivity contribution is 7.89. The number of carbonyl (C=O) groups is 1. The molecule has 0 bridgehead atoms. The molecule has 0 unspecified atom stereocenters. The number of benzene rings is 1. The van der Waals surface area contributed by atoms with Crippen molar-refractivity contribution in [2.24, 2.45) is 0 Å². The Morgan fingerprint density at radius 1 is 1.12 bits per heavy atom. The summed E-state index contributed by atoms with van der Waals surface area (Å²) in [6.45, 7) is 2.20. The second kappa shape index (κ2) is 8.97. The molecule has 134 valence electrons. The Bertz CT molecular complexity index is 615. The van der Waals surface area contributed by atoms with Crippen molar-refractivity contribution in [3.63, 3.8) is 0 Å². The van der Waals surface area contributed by atoms with Crippen LogP contribution in [0.4, 0.5) is 4.79 Å². The average molecular weight is 357 g/mol. The number of hydrogen-bond acceptors (Lipinski definition) is 5. The van der Waals surface area contributed by atoms with Gasteiger partial charge >= 0.3 is 6.03 Å². The van der Waals surface area contributed by atoms with Crippen molar-refractivity contribution in [2.45, 2.75) is 4.90 Å². The lowest BCUT2D eigenvalue weighted by atomic mass is 10.4. The van der Waals surface area contributed by atoms with E-state index in [1.54, 1.807) is 42.3 Å². The molecule has 24 heavy (non-hydrogen) atoms. The molecule has 9 heteroatoms. The molecule has 1 aliphatic heterocycles. The second-order valence-electron chi connectivity index (χ2n) is 5.23. The topological polar surface area (TPSA) is 88.2 Å². The quantitative estimate of drug-likeness (QED) is 0.561. The smallest absolute Gasteiger partial charge is 0.319 e. The molecule has 0 aromatic heterocycles. The number of urea groups is 1. The van der Waals surface area contributed by atoms with E-state index in [4.69, 9.17) is 9.47 Å². The number of rotatable bonds is 7. The van der Waals surface area contributed by atoms with Crippen molar-refractivity contribution in [1.82, 2.24) is 14.5 Å². The van der Waals surface area contributed by atoms with Gasteiger partial charge in [-0.2, -0.15) is 4.31 Å². The molecule has 1 heterocycles. The van der Waals surface area contributed by atoms with E-state index < -0.39 is 10.0 Å². The Balaban J connectivity index is 1.80. The van der Waals surface area contributed by atoms with Crippen molar-refractivity contribution in [1.29, 1.82) is 0 Å². The second-order valence-corrected chi connectivity index (χ2v) is 7.17. The molecule has 0 spiro atoms. The lowest BCUT2D eigenvalue weighted by molar-refractivity contribution is 0.0607. The molecule has 1 saturated heterocycles. The summed E-state index contributed by atoms with van der Waals surface area (Å²) >= 11 is 0. The highest BCUT2D eigenvalue weighted by Crippen LogP contribution is 2.17. The molecule has 0 saturated carbocycles. The van der Waals surface area contributed by atoms with Gasteiger partial charge in [0, 0.05) is 33.3 Å².